The number of ether oxygens (including phenoxy) is 1. The van der Waals surface area contributed by atoms with E-state index in [-0.39, 0.29) is 12.1 Å². The highest BCUT2D eigenvalue weighted by atomic mass is 35.5. The summed E-state index contributed by atoms with van der Waals surface area (Å²) in [7, 11) is 0. The molecule has 0 radical (unpaired) electrons. The van der Waals surface area contributed by atoms with Crippen LogP contribution in [0.25, 0.3) is 0 Å². The molecule has 0 saturated heterocycles. The lowest BCUT2D eigenvalue weighted by Gasteiger charge is -2.22. The molecular weight excluding hydrogens is 250 g/mol. The van der Waals surface area contributed by atoms with Gasteiger partial charge in [-0.3, -0.25) is 0 Å². The van der Waals surface area contributed by atoms with E-state index in [1.54, 1.807) is 0 Å². The largest absolute Gasteiger partial charge is 0.492 e. The third-order valence-corrected chi connectivity index (χ3v) is 2.70. The first-order chi connectivity index (χ1) is 8.44. The van der Waals surface area contributed by atoms with E-state index in [2.05, 4.69) is 26.1 Å². The Labute approximate surface area is 114 Å². The monoisotopic (exact) mass is 271 g/mol. The van der Waals surface area contributed by atoms with Crippen molar-refractivity contribution in [3.8, 4) is 5.75 Å². The van der Waals surface area contributed by atoms with Gasteiger partial charge in [0.25, 0.3) is 0 Å². The minimum absolute atomic E-state index is 0.0463. The van der Waals surface area contributed by atoms with Crippen molar-refractivity contribution in [3.63, 3.8) is 0 Å². The number of aliphatic hydroxyl groups excluding tert-OH is 1. The van der Waals surface area contributed by atoms with Gasteiger partial charge in [0.05, 0.1) is 11.6 Å². The highest BCUT2D eigenvalue weighted by Gasteiger charge is 2.12. The van der Waals surface area contributed by atoms with Gasteiger partial charge < -0.3 is 15.2 Å². The van der Waals surface area contributed by atoms with Gasteiger partial charge in [0.15, 0.2) is 0 Å². The van der Waals surface area contributed by atoms with E-state index < -0.39 is 0 Å². The zero-order chi connectivity index (χ0) is 13.6. The number of halogens is 1. The van der Waals surface area contributed by atoms with Gasteiger partial charge in [0.1, 0.15) is 5.75 Å². The van der Waals surface area contributed by atoms with Gasteiger partial charge in [-0.05, 0) is 26.8 Å². The number of hydrogen-bond acceptors (Lipinski definition) is 3. The number of benzene rings is 1. The van der Waals surface area contributed by atoms with E-state index in [1.165, 1.54) is 0 Å². The molecule has 0 aliphatic rings. The van der Waals surface area contributed by atoms with Crippen molar-refractivity contribution < 1.29 is 9.84 Å². The molecule has 0 aliphatic carbocycles. The first kappa shape index (κ1) is 15.3. The molecule has 18 heavy (non-hydrogen) atoms. The molecule has 0 saturated carbocycles. The molecule has 3 nitrogen and oxygen atoms in total. The first-order valence-electron chi connectivity index (χ1n) is 6.20. The molecule has 0 amide bonds. The van der Waals surface area contributed by atoms with Gasteiger partial charge in [-0.15, -0.1) is 0 Å². The highest BCUT2D eigenvalue weighted by Crippen LogP contribution is 2.29. The van der Waals surface area contributed by atoms with E-state index in [9.17, 15) is 0 Å². The molecule has 0 aliphatic heterocycles. The van der Waals surface area contributed by atoms with E-state index in [0.717, 1.165) is 5.56 Å². The predicted octanol–water partition coefficient (Wildman–Crippen LogP) is 2.99. The topological polar surface area (TPSA) is 41.5 Å². The molecule has 102 valence electrons. The number of rotatable bonds is 6. The fraction of sp³-hybridized carbons (Fsp3) is 0.571. The Morgan fingerprint density at radius 1 is 1.33 bits per heavy atom. The maximum atomic E-state index is 8.77. The molecule has 1 aromatic carbocycles. The summed E-state index contributed by atoms with van der Waals surface area (Å²) in [6.45, 7) is 7.65. The molecule has 4 heteroatoms. The molecule has 0 heterocycles. The zero-order valence-corrected chi connectivity index (χ0v) is 12.0. The van der Waals surface area contributed by atoms with Crippen LogP contribution in [0.5, 0.6) is 5.75 Å². The normalized spacial score (nSPS) is 11.6. The third-order valence-electron chi connectivity index (χ3n) is 2.41. The lowest BCUT2D eigenvalue weighted by atomic mass is 10.1. The second-order valence-electron chi connectivity index (χ2n) is 5.26. The molecule has 0 aromatic heterocycles. The fourth-order valence-corrected chi connectivity index (χ4v) is 1.70. The van der Waals surface area contributed by atoms with E-state index in [1.807, 2.05) is 18.2 Å². The number of nitrogens with one attached hydrogen (secondary N) is 1. The molecule has 0 unspecified atom stereocenters. The number of hydrogen-bond donors (Lipinski definition) is 2. The summed E-state index contributed by atoms with van der Waals surface area (Å²) in [5.41, 5.74) is 1.08. The van der Waals surface area contributed by atoms with Gasteiger partial charge in [0, 0.05) is 30.7 Å². The van der Waals surface area contributed by atoms with Gasteiger partial charge in [-0.1, -0.05) is 23.7 Å². The summed E-state index contributed by atoms with van der Waals surface area (Å²) in [6.07, 6.45) is 0.608. The maximum absolute atomic E-state index is 8.77. The Balaban J connectivity index is 2.73. The molecule has 1 aromatic rings. The van der Waals surface area contributed by atoms with Crippen molar-refractivity contribution in [1.29, 1.82) is 0 Å². The first-order valence-corrected chi connectivity index (χ1v) is 6.58. The molecule has 0 atom stereocenters. The summed E-state index contributed by atoms with van der Waals surface area (Å²) in [5.74, 6) is 0.712. The molecule has 2 N–H and O–H groups in total. The summed E-state index contributed by atoms with van der Waals surface area (Å²) < 4.78 is 5.64. The molecule has 1 rings (SSSR count). The summed E-state index contributed by atoms with van der Waals surface area (Å²) >= 11 is 6.14. The quantitative estimate of drug-likeness (QED) is 0.782. The van der Waals surface area contributed by atoms with Gasteiger partial charge in [0.2, 0.25) is 0 Å². The lowest BCUT2D eigenvalue weighted by Crippen LogP contribution is -2.35. The van der Waals surface area contributed by atoms with E-state index in [4.69, 9.17) is 21.4 Å². The smallest absolute Gasteiger partial charge is 0.142 e. The Morgan fingerprint density at radius 3 is 2.67 bits per heavy atom. The van der Waals surface area contributed by atoms with Crippen LogP contribution in [0, 0.1) is 0 Å². The predicted molar refractivity (Wildman–Crippen MR) is 75.2 cm³/mol. The van der Waals surface area contributed by atoms with Crippen LogP contribution in [0.1, 0.15) is 32.8 Å². The minimum atomic E-state index is 0.0463. The van der Waals surface area contributed by atoms with Gasteiger partial charge in [-0.25, -0.2) is 0 Å². The van der Waals surface area contributed by atoms with Crippen LogP contribution in [0.2, 0.25) is 5.02 Å². The van der Waals surface area contributed by atoms with Crippen molar-refractivity contribution in [2.24, 2.45) is 0 Å². The summed E-state index contributed by atoms with van der Waals surface area (Å²) in [5, 5.41) is 12.8. The Morgan fingerprint density at radius 2 is 2.06 bits per heavy atom. The number of aliphatic hydroxyl groups is 1. The molecule has 0 spiro atoms. The SMILES string of the molecule is CC(C)(C)NCc1cccc(Cl)c1OCCCO. The van der Waals surface area contributed by atoms with Crippen LogP contribution < -0.4 is 10.1 Å². The average molecular weight is 272 g/mol. The van der Waals surface area contributed by atoms with Crippen molar-refractivity contribution in [2.75, 3.05) is 13.2 Å². The maximum Gasteiger partial charge on any atom is 0.142 e. The Hall–Kier alpha value is -0.770. The van der Waals surface area contributed by atoms with Crippen molar-refractivity contribution >= 4 is 11.6 Å². The van der Waals surface area contributed by atoms with Crippen LogP contribution >= 0.6 is 11.6 Å². The van der Waals surface area contributed by atoms with Crippen LogP contribution in [0.3, 0.4) is 0 Å². The van der Waals surface area contributed by atoms with Crippen molar-refractivity contribution in [2.45, 2.75) is 39.3 Å². The molecule has 0 bridgehead atoms. The van der Waals surface area contributed by atoms with E-state index in [0.29, 0.717) is 30.3 Å². The van der Waals surface area contributed by atoms with E-state index >= 15 is 0 Å². The van der Waals surface area contributed by atoms with Crippen LogP contribution in [0.4, 0.5) is 0 Å². The molecule has 0 fully saturated rings. The van der Waals surface area contributed by atoms with Crippen LogP contribution in [-0.4, -0.2) is 23.9 Å². The molecular formula is C14H22ClNO2. The minimum Gasteiger partial charge on any atom is -0.492 e. The van der Waals surface area contributed by atoms with Gasteiger partial charge in [-0.2, -0.15) is 0 Å². The second kappa shape index (κ2) is 6.98. The fourth-order valence-electron chi connectivity index (χ4n) is 1.45. The highest BCUT2D eigenvalue weighted by molar-refractivity contribution is 6.32. The Bertz CT molecular complexity index is 375. The van der Waals surface area contributed by atoms with Crippen molar-refractivity contribution in [3.05, 3.63) is 28.8 Å². The third kappa shape index (κ3) is 5.25. The van der Waals surface area contributed by atoms with Crippen molar-refractivity contribution in [1.82, 2.24) is 5.32 Å². The number of para-hydroxylation sites is 1. The average Bonchev–Trinajstić information content (AvgIpc) is 2.28. The van der Waals surface area contributed by atoms with Gasteiger partial charge >= 0.3 is 0 Å². The Kier molecular flexibility index (Phi) is 5.93. The second-order valence-corrected chi connectivity index (χ2v) is 5.66. The lowest BCUT2D eigenvalue weighted by molar-refractivity contribution is 0.232. The summed E-state index contributed by atoms with van der Waals surface area (Å²) in [4.78, 5) is 0. The zero-order valence-electron chi connectivity index (χ0n) is 11.3. The summed E-state index contributed by atoms with van der Waals surface area (Å²) in [6, 6.07) is 5.73. The standard InChI is InChI=1S/C14H22ClNO2/c1-14(2,3)16-10-11-6-4-7-12(15)13(11)18-9-5-8-17/h4,6-7,16-17H,5,8-10H2,1-3H3. The van der Waals surface area contributed by atoms with Crippen LogP contribution in [0.15, 0.2) is 18.2 Å². The van der Waals surface area contributed by atoms with Crippen LogP contribution in [-0.2, 0) is 6.54 Å².